The highest BCUT2D eigenvalue weighted by atomic mass is 79.9. The molecule has 27 heavy (non-hydrogen) atoms. The average molecular weight is 437 g/mol. The van der Waals surface area contributed by atoms with Crippen molar-refractivity contribution in [2.45, 2.75) is 32.4 Å². The van der Waals surface area contributed by atoms with Gasteiger partial charge in [0.2, 0.25) is 0 Å². The van der Waals surface area contributed by atoms with Crippen LogP contribution < -0.4 is 15.3 Å². The Balaban J connectivity index is 1.68. The molecule has 2 aliphatic heterocycles. The van der Waals surface area contributed by atoms with Gasteiger partial charge >= 0.3 is 11.8 Å². The Bertz CT molecular complexity index is 968. The largest absolute Gasteiger partial charge is 0.490 e. The number of hydrogen-bond acceptors (Lipinski definition) is 6. The van der Waals surface area contributed by atoms with Crippen LogP contribution in [0.1, 0.15) is 20.8 Å². The van der Waals surface area contributed by atoms with Gasteiger partial charge in [0.15, 0.2) is 0 Å². The predicted octanol–water partition coefficient (Wildman–Crippen LogP) is 2.50. The fourth-order valence-electron chi connectivity index (χ4n) is 3.48. The summed E-state index contributed by atoms with van der Waals surface area (Å²) in [5.74, 6) is 1.26. The van der Waals surface area contributed by atoms with Crippen LogP contribution in [0.4, 0.5) is 10.6 Å². The number of nitrogens with one attached hydrogen (secondary N) is 1. The van der Waals surface area contributed by atoms with Crippen molar-refractivity contribution < 1.29 is 14.3 Å². The van der Waals surface area contributed by atoms with Crippen molar-refractivity contribution in [1.29, 1.82) is 0 Å². The number of H-pyrrole nitrogens is 1. The van der Waals surface area contributed by atoms with E-state index >= 15 is 0 Å². The molecule has 1 saturated heterocycles. The van der Waals surface area contributed by atoms with Crippen molar-refractivity contribution in [2.24, 2.45) is 0 Å². The van der Waals surface area contributed by atoms with Crippen LogP contribution in [-0.2, 0) is 4.74 Å². The first kappa shape index (κ1) is 18.1. The fraction of sp³-hybridized carbons (Fsp3) is 0.500. The number of carbonyl (C=O) groups is 1. The van der Waals surface area contributed by atoms with Crippen LogP contribution in [0, 0.1) is 0 Å². The third-order valence-electron chi connectivity index (χ3n) is 4.58. The van der Waals surface area contributed by atoms with Gasteiger partial charge in [0.25, 0.3) is 0 Å². The van der Waals surface area contributed by atoms with E-state index in [1.165, 1.54) is 0 Å². The van der Waals surface area contributed by atoms with E-state index in [2.05, 4.69) is 30.8 Å². The molecule has 144 valence electrons. The number of fused-ring (bicyclic) bond motifs is 2. The lowest BCUT2D eigenvalue weighted by atomic mass is 10.1. The van der Waals surface area contributed by atoms with E-state index in [-0.39, 0.29) is 12.1 Å². The summed E-state index contributed by atoms with van der Waals surface area (Å²) in [6.07, 6.45) is -0.337. The minimum atomic E-state index is -0.545. The van der Waals surface area contributed by atoms with E-state index in [9.17, 15) is 9.59 Å². The maximum Gasteiger partial charge on any atom is 0.410 e. The Kier molecular flexibility index (Phi) is 4.29. The second-order valence-electron chi connectivity index (χ2n) is 7.78. The lowest BCUT2D eigenvalue weighted by Gasteiger charge is -2.41. The first-order valence-corrected chi connectivity index (χ1v) is 9.61. The van der Waals surface area contributed by atoms with Gasteiger partial charge in [0.05, 0.1) is 16.9 Å². The van der Waals surface area contributed by atoms with Gasteiger partial charge in [-0.25, -0.2) is 9.59 Å². The number of aromatic amines is 1. The summed E-state index contributed by atoms with van der Waals surface area (Å²) in [6.45, 7) is 7.42. The molecule has 1 amide bonds. The number of rotatable bonds is 0. The highest BCUT2D eigenvalue weighted by Crippen LogP contribution is 2.38. The molecule has 3 heterocycles. The Morgan fingerprint density at radius 1 is 1.37 bits per heavy atom. The number of carbonyl (C=O) groups excluding carboxylic acids is 1. The van der Waals surface area contributed by atoms with Gasteiger partial charge in [-0.3, -0.25) is 0 Å². The molecule has 1 atom stereocenters. The molecular weight excluding hydrogens is 416 g/mol. The predicted molar refractivity (Wildman–Crippen MR) is 104 cm³/mol. The third kappa shape index (κ3) is 3.47. The van der Waals surface area contributed by atoms with Gasteiger partial charge in [-0.2, -0.15) is 4.98 Å². The maximum absolute atomic E-state index is 12.4. The highest BCUT2D eigenvalue weighted by Gasteiger charge is 2.36. The number of amides is 1. The van der Waals surface area contributed by atoms with Crippen LogP contribution in [-0.4, -0.2) is 58.8 Å². The third-order valence-corrected chi connectivity index (χ3v) is 5.04. The second-order valence-corrected chi connectivity index (χ2v) is 8.69. The molecule has 2 aromatic rings. The number of benzene rings is 1. The molecule has 9 heteroatoms. The van der Waals surface area contributed by atoms with Crippen molar-refractivity contribution >= 4 is 38.7 Å². The first-order chi connectivity index (χ1) is 12.7. The summed E-state index contributed by atoms with van der Waals surface area (Å²) in [6, 6.07) is 3.59. The van der Waals surface area contributed by atoms with Gasteiger partial charge in [0, 0.05) is 24.1 Å². The highest BCUT2D eigenvalue weighted by molar-refractivity contribution is 9.10. The van der Waals surface area contributed by atoms with E-state index in [1.807, 2.05) is 32.9 Å². The summed E-state index contributed by atoms with van der Waals surface area (Å²) in [7, 11) is 0. The molecular formula is C18H21BrN4O4. The maximum atomic E-state index is 12.4. The van der Waals surface area contributed by atoms with Gasteiger partial charge in [0.1, 0.15) is 23.8 Å². The quantitative estimate of drug-likeness (QED) is 0.682. The van der Waals surface area contributed by atoms with Crippen molar-refractivity contribution in [2.75, 3.05) is 31.1 Å². The number of anilines is 1. The Morgan fingerprint density at radius 3 is 2.89 bits per heavy atom. The normalized spacial score (nSPS) is 19.3. The lowest BCUT2D eigenvalue weighted by Crippen LogP contribution is -2.57. The van der Waals surface area contributed by atoms with Gasteiger partial charge in [-0.1, -0.05) is 15.9 Å². The SMILES string of the molecule is CC(C)(C)OC(=O)N1CCN2c3nc(=O)[nH]c4cc(Br)cc(c34)OCC2C1. The number of halogens is 1. The van der Waals surface area contributed by atoms with Gasteiger partial charge < -0.3 is 24.3 Å². The minimum absolute atomic E-state index is 0.116. The van der Waals surface area contributed by atoms with E-state index in [4.69, 9.17) is 9.47 Å². The van der Waals surface area contributed by atoms with Crippen LogP contribution in [0.3, 0.4) is 0 Å². The van der Waals surface area contributed by atoms with Crippen molar-refractivity contribution in [1.82, 2.24) is 14.9 Å². The molecule has 1 fully saturated rings. The molecule has 0 bridgehead atoms. The number of piperazine rings is 1. The minimum Gasteiger partial charge on any atom is -0.490 e. The molecule has 8 nitrogen and oxygen atoms in total. The van der Waals surface area contributed by atoms with Gasteiger partial charge in [-0.05, 0) is 32.9 Å². The zero-order valence-corrected chi connectivity index (χ0v) is 17.0. The molecule has 1 N–H and O–H groups in total. The Labute approximate surface area is 164 Å². The van der Waals surface area contributed by atoms with E-state index < -0.39 is 11.3 Å². The molecule has 0 aliphatic carbocycles. The Morgan fingerprint density at radius 2 is 2.15 bits per heavy atom. The average Bonchev–Trinajstić information content (AvgIpc) is 2.70. The molecule has 0 radical (unpaired) electrons. The van der Waals surface area contributed by atoms with Gasteiger partial charge in [-0.15, -0.1) is 0 Å². The zero-order chi connectivity index (χ0) is 19.3. The fourth-order valence-corrected chi connectivity index (χ4v) is 3.92. The molecule has 1 unspecified atom stereocenters. The van der Waals surface area contributed by atoms with Crippen LogP contribution >= 0.6 is 15.9 Å². The number of nitrogens with zero attached hydrogens (tertiary/aromatic N) is 3. The molecule has 4 rings (SSSR count). The van der Waals surface area contributed by atoms with Crippen molar-refractivity contribution in [3.05, 3.63) is 27.1 Å². The molecule has 0 spiro atoms. The summed E-state index contributed by atoms with van der Waals surface area (Å²) < 4.78 is 12.3. The summed E-state index contributed by atoms with van der Waals surface area (Å²) in [5.41, 5.74) is -0.279. The topological polar surface area (TPSA) is 87.8 Å². The monoisotopic (exact) mass is 436 g/mol. The first-order valence-electron chi connectivity index (χ1n) is 8.82. The van der Waals surface area contributed by atoms with E-state index in [1.54, 1.807) is 4.90 Å². The Hall–Kier alpha value is -2.29. The number of ether oxygens (including phenoxy) is 2. The van der Waals surface area contributed by atoms with E-state index in [0.717, 1.165) is 9.86 Å². The smallest absolute Gasteiger partial charge is 0.410 e. The molecule has 0 saturated carbocycles. The standard InChI is InChI=1S/C18H21BrN4O4/c1-18(2,3)27-17(25)22-4-5-23-11(8-22)9-26-13-7-10(19)6-12-14(13)15(23)21-16(24)20-12/h6-7,11H,4-5,8-9H2,1-3H3,(H,20,21,24). The second kappa shape index (κ2) is 6.40. The lowest BCUT2D eigenvalue weighted by molar-refractivity contribution is 0.0202. The van der Waals surface area contributed by atoms with Crippen LogP contribution in [0.25, 0.3) is 10.9 Å². The number of aromatic nitrogens is 2. The van der Waals surface area contributed by atoms with Crippen LogP contribution in [0.5, 0.6) is 5.75 Å². The molecule has 2 aliphatic rings. The van der Waals surface area contributed by atoms with Crippen LogP contribution in [0.2, 0.25) is 0 Å². The van der Waals surface area contributed by atoms with E-state index in [0.29, 0.717) is 43.3 Å². The zero-order valence-electron chi connectivity index (χ0n) is 15.4. The summed E-state index contributed by atoms with van der Waals surface area (Å²) in [5, 5.41) is 0.783. The van der Waals surface area contributed by atoms with Crippen molar-refractivity contribution in [3.63, 3.8) is 0 Å². The number of hydrogen-bond donors (Lipinski definition) is 1. The summed E-state index contributed by atoms with van der Waals surface area (Å²) >= 11 is 3.45. The summed E-state index contributed by atoms with van der Waals surface area (Å²) in [4.78, 5) is 35.3. The molecule has 1 aromatic carbocycles. The van der Waals surface area contributed by atoms with Crippen molar-refractivity contribution in [3.8, 4) is 5.75 Å². The van der Waals surface area contributed by atoms with Crippen LogP contribution in [0.15, 0.2) is 21.4 Å². The molecule has 1 aromatic heterocycles.